The number of hydrogen-bond donors (Lipinski definition) is 0. The van der Waals surface area contributed by atoms with E-state index in [0.717, 1.165) is 18.4 Å². The first kappa shape index (κ1) is 23.1. The van der Waals surface area contributed by atoms with Gasteiger partial charge in [-0.15, -0.1) is 0 Å². The number of hydrogen-bond acceptors (Lipinski definition) is 3. The minimum absolute atomic E-state index is 0.251. The van der Waals surface area contributed by atoms with E-state index in [1.54, 1.807) is 11.1 Å². The van der Waals surface area contributed by atoms with Gasteiger partial charge in [0, 0.05) is 17.5 Å². The first-order chi connectivity index (χ1) is 15.0. The fraction of sp³-hybridized carbons (Fsp3) is 0.862. The van der Waals surface area contributed by atoms with E-state index < -0.39 is 0 Å². The van der Waals surface area contributed by atoms with Crippen LogP contribution in [0.25, 0.3) is 0 Å². The molecule has 0 aromatic rings. The number of ether oxygens (including phenoxy) is 1. The van der Waals surface area contributed by atoms with Crippen molar-refractivity contribution in [3.05, 3.63) is 23.3 Å². The third kappa shape index (κ3) is 3.02. The second-order valence-corrected chi connectivity index (χ2v) is 13.1. The Balaban J connectivity index is 1.47. The van der Waals surface area contributed by atoms with Gasteiger partial charge in [0.15, 0.2) is 0 Å². The summed E-state index contributed by atoms with van der Waals surface area (Å²) in [5, 5.41) is 0. The third-order valence-corrected chi connectivity index (χ3v) is 11.9. The van der Waals surface area contributed by atoms with E-state index in [-0.39, 0.29) is 11.6 Å². The summed E-state index contributed by atoms with van der Waals surface area (Å²) >= 11 is 0. The number of allylic oxidation sites excluding steroid dienone is 4. The lowest BCUT2D eigenvalue weighted by atomic mass is 9.51. The summed E-state index contributed by atoms with van der Waals surface area (Å²) in [6.07, 6.45) is 14.9. The zero-order valence-corrected chi connectivity index (χ0v) is 22.1. The largest absolute Gasteiger partial charge is 0.363 e. The maximum atomic E-state index is 6.32. The molecule has 0 aromatic heterocycles. The highest BCUT2D eigenvalue weighted by atomic mass is 16.5. The minimum Gasteiger partial charge on any atom is -0.363 e. The Morgan fingerprint density at radius 2 is 1.78 bits per heavy atom. The van der Waals surface area contributed by atoms with Crippen LogP contribution in [0.5, 0.6) is 0 Å². The molecule has 1 aliphatic heterocycles. The Bertz CT molecular complexity index is 816. The monoisotopic (exact) mass is 440 g/mol. The van der Waals surface area contributed by atoms with Crippen molar-refractivity contribution in [2.45, 2.75) is 97.9 Å². The van der Waals surface area contributed by atoms with Gasteiger partial charge in [0.25, 0.3) is 0 Å². The summed E-state index contributed by atoms with van der Waals surface area (Å²) in [4.78, 5) is 4.99. The fourth-order valence-electron chi connectivity index (χ4n) is 9.29. The van der Waals surface area contributed by atoms with E-state index in [1.165, 1.54) is 44.9 Å². The minimum atomic E-state index is 0.251. The van der Waals surface area contributed by atoms with Gasteiger partial charge in [0.05, 0.1) is 6.61 Å². The van der Waals surface area contributed by atoms with Gasteiger partial charge in [-0.05, 0) is 114 Å². The molecule has 3 fully saturated rings. The molecule has 3 heteroatoms. The van der Waals surface area contributed by atoms with Crippen LogP contribution in [0.3, 0.4) is 0 Å². The van der Waals surface area contributed by atoms with Crippen LogP contribution in [-0.2, 0) is 4.74 Å². The lowest BCUT2D eigenvalue weighted by Gasteiger charge is -2.56. The van der Waals surface area contributed by atoms with Crippen molar-refractivity contribution < 1.29 is 4.74 Å². The van der Waals surface area contributed by atoms with Gasteiger partial charge >= 0.3 is 0 Å². The summed E-state index contributed by atoms with van der Waals surface area (Å²) in [7, 11) is 6.84. The van der Waals surface area contributed by atoms with Crippen LogP contribution in [0.15, 0.2) is 23.3 Å². The molecule has 2 saturated carbocycles. The van der Waals surface area contributed by atoms with Gasteiger partial charge in [-0.1, -0.05) is 38.5 Å². The zero-order valence-electron chi connectivity index (χ0n) is 22.1. The Morgan fingerprint density at radius 1 is 1.06 bits per heavy atom. The second kappa shape index (κ2) is 7.68. The smallest absolute Gasteiger partial charge is 0.107 e. The quantitative estimate of drug-likeness (QED) is 0.514. The molecule has 1 heterocycles. The molecule has 32 heavy (non-hydrogen) atoms. The Kier molecular flexibility index (Phi) is 5.55. The van der Waals surface area contributed by atoms with Crippen LogP contribution in [0.4, 0.5) is 0 Å². The van der Waals surface area contributed by atoms with Crippen LogP contribution < -0.4 is 0 Å². The third-order valence-electron chi connectivity index (χ3n) is 11.9. The molecule has 1 saturated heterocycles. The molecule has 5 rings (SSSR count). The van der Waals surface area contributed by atoms with Gasteiger partial charge in [-0.2, -0.15) is 0 Å². The fourth-order valence-corrected chi connectivity index (χ4v) is 9.29. The molecule has 0 spiro atoms. The lowest BCUT2D eigenvalue weighted by molar-refractivity contribution is -0.186. The van der Waals surface area contributed by atoms with Crippen LogP contribution in [0, 0.1) is 34.0 Å². The Morgan fingerprint density at radius 3 is 2.50 bits per heavy atom. The summed E-state index contributed by atoms with van der Waals surface area (Å²) in [5.74, 6) is 2.19. The van der Waals surface area contributed by atoms with Crippen LogP contribution in [0.2, 0.25) is 0 Å². The Hall–Kier alpha value is -0.640. The van der Waals surface area contributed by atoms with E-state index >= 15 is 0 Å². The van der Waals surface area contributed by atoms with E-state index in [0.29, 0.717) is 28.8 Å². The lowest BCUT2D eigenvalue weighted by Crippen LogP contribution is -2.61. The highest BCUT2D eigenvalue weighted by Crippen LogP contribution is 2.68. The topological polar surface area (TPSA) is 15.7 Å². The highest BCUT2D eigenvalue weighted by Gasteiger charge is 2.61. The van der Waals surface area contributed by atoms with Crippen LogP contribution in [0.1, 0.15) is 79.6 Å². The van der Waals surface area contributed by atoms with E-state index in [4.69, 9.17) is 4.74 Å². The first-order valence-electron chi connectivity index (χ1n) is 13.4. The first-order valence-corrected chi connectivity index (χ1v) is 13.4. The highest BCUT2D eigenvalue weighted by molar-refractivity contribution is 5.37. The number of nitrogens with zero attached hydrogens (tertiary/aromatic N) is 2. The van der Waals surface area contributed by atoms with Crippen molar-refractivity contribution in [3.8, 4) is 0 Å². The molecule has 0 radical (unpaired) electrons. The van der Waals surface area contributed by atoms with E-state index in [1.807, 2.05) is 0 Å². The second-order valence-electron chi connectivity index (χ2n) is 13.1. The molecule has 0 aromatic carbocycles. The van der Waals surface area contributed by atoms with Crippen LogP contribution in [-0.4, -0.2) is 55.9 Å². The maximum Gasteiger partial charge on any atom is 0.107 e. The van der Waals surface area contributed by atoms with Gasteiger partial charge in [0.2, 0.25) is 0 Å². The van der Waals surface area contributed by atoms with Crippen molar-refractivity contribution >= 4 is 0 Å². The van der Waals surface area contributed by atoms with Crippen LogP contribution >= 0.6 is 0 Å². The van der Waals surface area contributed by atoms with E-state index in [2.05, 4.69) is 77.7 Å². The molecule has 0 amide bonds. The Labute approximate surface area is 197 Å². The summed E-state index contributed by atoms with van der Waals surface area (Å²) in [6.45, 7) is 13.5. The molecular weight excluding hydrogens is 392 g/mol. The molecule has 4 aliphatic carbocycles. The number of fused-ring (bicyclic) bond motifs is 6. The number of rotatable bonds is 2. The zero-order chi connectivity index (χ0) is 23.1. The average Bonchev–Trinajstić information content (AvgIpc) is 2.89. The molecule has 5 aliphatic rings. The van der Waals surface area contributed by atoms with Crippen molar-refractivity contribution in [1.82, 2.24) is 9.80 Å². The summed E-state index contributed by atoms with van der Waals surface area (Å²) in [5.41, 5.74) is 4.52. The summed E-state index contributed by atoms with van der Waals surface area (Å²) < 4.78 is 6.32. The predicted molar refractivity (Wildman–Crippen MR) is 133 cm³/mol. The SMILES string of the molecule is CC(C1CCC2(C)C3CCC4C(=CC3=CCC12C)CCC1N(C)C(C)OCC41C)N(C)C. The molecule has 0 bridgehead atoms. The molecule has 9 unspecified atom stereocenters. The van der Waals surface area contributed by atoms with Gasteiger partial charge in [-0.25, -0.2) is 0 Å². The van der Waals surface area contributed by atoms with Gasteiger partial charge < -0.3 is 9.64 Å². The van der Waals surface area contributed by atoms with Crippen molar-refractivity contribution in [3.63, 3.8) is 0 Å². The predicted octanol–water partition coefficient (Wildman–Crippen LogP) is 6.12. The van der Waals surface area contributed by atoms with Crippen molar-refractivity contribution in [1.29, 1.82) is 0 Å². The molecule has 3 nitrogen and oxygen atoms in total. The normalized spacial score (nSPS) is 49.8. The summed E-state index contributed by atoms with van der Waals surface area (Å²) in [6, 6.07) is 1.31. The van der Waals surface area contributed by atoms with E-state index in [9.17, 15) is 0 Å². The molecule has 0 N–H and O–H groups in total. The van der Waals surface area contributed by atoms with Crippen molar-refractivity contribution in [2.75, 3.05) is 27.7 Å². The molecule has 180 valence electrons. The average molecular weight is 441 g/mol. The maximum absolute atomic E-state index is 6.32. The molecule has 9 atom stereocenters. The molecular formula is C29H48N2O. The van der Waals surface area contributed by atoms with Gasteiger partial charge in [0.1, 0.15) is 6.23 Å². The van der Waals surface area contributed by atoms with Gasteiger partial charge in [-0.3, -0.25) is 4.90 Å². The van der Waals surface area contributed by atoms with Crippen molar-refractivity contribution in [2.24, 2.45) is 34.0 Å². The standard InChI is InChI=1S/C29H48N2O/c1-19(30(6)7)23-14-16-29(5)25-11-10-24-21(17-22(25)13-15-28(23,29)4)9-12-26-27(24,3)18-32-20(2)31(26)8/h13,17,19-20,23-26H,9-12,14-16,18H2,1-8H3.